The number of nitrogens with zero attached hydrogens (tertiary/aromatic N) is 2. The Balaban J connectivity index is 1.96. The molecule has 2 aromatic rings. The van der Waals surface area contributed by atoms with Crippen molar-refractivity contribution in [2.75, 3.05) is 0 Å². The van der Waals surface area contributed by atoms with Crippen LogP contribution in [0.1, 0.15) is 30.0 Å². The predicted molar refractivity (Wildman–Crippen MR) is 75.9 cm³/mol. The number of hydrogen-bond donors (Lipinski definition) is 0. The van der Waals surface area contributed by atoms with Crippen molar-refractivity contribution in [3.63, 3.8) is 0 Å². The zero-order valence-electron chi connectivity index (χ0n) is 9.24. The van der Waals surface area contributed by atoms with Gasteiger partial charge in [0.25, 0.3) is 0 Å². The Morgan fingerprint density at radius 2 is 2.12 bits per heavy atom. The molecule has 0 saturated heterocycles. The first-order valence-electron chi connectivity index (χ1n) is 5.68. The van der Waals surface area contributed by atoms with Gasteiger partial charge in [0.15, 0.2) is 0 Å². The summed E-state index contributed by atoms with van der Waals surface area (Å²) in [6.45, 7) is 0. The molecule has 0 radical (unpaired) electrons. The van der Waals surface area contributed by atoms with E-state index in [2.05, 4.69) is 61.2 Å². The summed E-state index contributed by atoms with van der Waals surface area (Å²) in [7, 11) is 0. The molecular formula is C13H12Br2N2. The molecule has 3 rings (SSSR count). The molecule has 1 saturated carbocycles. The van der Waals surface area contributed by atoms with Gasteiger partial charge in [-0.15, -0.1) is 0 Å². The molecule has 1 aromatic heterocycles. The molecule has 1 heterocycles. The lowest BCUT2D eigenvalue weighted by atomic mass is 10.2. The van der Waals surface area contributed by atoms with E-state index in [-0.39, 0.29) is 0 Å². The van der Waals surface area contributed by atoms with Crippen molar-refractivity contribution in [1.29, 1.82) is 0 Å². The van der Waals surface area contributed by atoms with E-state index in [0.29, 0.717) is 5.92 Å². The molecule has 0 bridgehead atoms. The average molecular weight is 356 g/mol. The quantitative estimate of drug-likeness (QED) is 0.746. The highest BCUT2D eigenvalue weighted by atomic mass is 79.9. The van der Waals surface area contributed by atoms with Gasteiger partial charge < -0.3 is 0 Å². The molecule has 0 amide bonds. The van der Waals surface area contributed by atoms with Gasteiger partial charge in [-0.2, -0.15) is 5.10 Å². The fourth-order valence-electron chi connectivity index (χ4n) is 1.89. The molecule has 0 aliphatic heterocycles. The van der Waals surface area contributed by atoms with E-state index in [1.807, 2.05) is 10.9 Å². The van der Waals surface area contributed by atoms with E-state index >= 15 is 0 Å². The normalized spacial score (nSPS) is 15.2. The molecule has 17 heavy (non-hydrogen) atoms. The molecule has 0 N–H and O–H groups in total. The Hall–Kier alpha value is -0.610. The van der Waals surface area contributed by atoms with Crippen LogP contribution in [0.5, 0.6) is 0 Å². The van der Waals surface area contributed by atoms with Crippen LogP contribution in [-0.4, -0.2) is 9.78 Å². The average Bonchev–Trinajstić information content (AvgIpc) is 3.08. The Kier molecular flexibility index (Phi) is 3.09. The van der Waals surface area contributed by atoms with Gasteiger partial charge in [-0.25, -0.2) is 4.68 Å². The van der Waals surface area contributed by atoms with Crippen molar-refractivity contribution in [2.45, 2.75) is 24.1 Å². The van der Waals surface area contributed by atoms with Crippen LogP contribution in [0.15, 0.2) is 34.9 Å². The highest BCUT2D eigenvalue weighted by Gasteiger charge is 2.25. The molecule has 88 valence electrons. The predicted octanol–water partition coefficient (Wildman–Crippen LogP) is 4.41. The molecule has 1 aliphatic carbocycles. The Bertz CT molecular complexity index is 544. The van der Waals surface area contributed by atoms with Gasteiger partial charge in [0, 0.05) is 21.9 Å². The first-order valence-corrected chi connectivity index (χ1v) is 7.59. The fourth-order valence-corrected chi connectivity index (χ4v) is 2.85. The number of hydrogen-bond acceptors (Lipinski definition) is 1. The molecule has 2 nitrogen and oxygen atoms in total. The monoisotopic (exact) mass is 354 g/mol. The van der Waals surface area contributed by atoms with Crippen molar-refractivity contribution in [3.8, 4) is 5.69 Å². The topological polar surface area (TPSA) is 17.8 Å². The zero-order chi connectivity index (χ0) is 11.8. The van der Waals surface area contributed by atoms with Gasteiger partial charge >= 0.3 is 0 Å². The van der Waals surface area contributed by atoms with Crippen LogP contribution in [0.2, 0.25) is 0 Å². The minimum atomic E-state index is 0.705. The summed E-state index contributed by atoms with van der Waals surface area (Å²) in [6, 6.07) is 8.47. The van der Waals surface area contributed by atoms with E-state index < -0.39 is 0 Å². The van der Waals surface area contributed by atoms with Gasteiger partial charge in [-0.05, 0) is 52.5 Å². The van der Waals surface area contributed by atoms with E-state index in [1.54, 1.807) is 0 Å². The van der Waals surface area contributed by atoms with E-state index in [9.17, 15) is 0 Å². The summed E-state index contributed by atoms with van der Waals surface area (Å²) in [5.41, 5.74) is 3.58. The van der Waals surface area contributed by atoms with Crippen molar-refractivity contribution in [2.24, 2.45) is 0 Å². The third kappa shape index (κ3) is 2.33. The molecule has 4 heteroatoms. The number of benzene rings is 1. The number of alkyl halides is 1. The largest absolute Gasteiger partial charge is 0.240 e. The zero-order valence-corrected chi connectivity index (χ0v) is 12.4. The van der Waals surface area contributed by atoms with Gasteiger partial charge in [0.1, 0.15) is 0 Å². The smallest absolute Gasteiger partial charge is 0.0787 e. The third-order valence-corrected chi connectivity index (χ3v) is 4.30. The molecule has 1 aliphatic rings. The van der Waals surface area contributed by atoms with Crippen LogP contribution in [-0.2, 0) is 5.33 Å². The summed E-state index contributed by atoms with van der Waals surface area (Å²) in [6.07, 6.45) is 4.63. The second-order valence-corrected chi connectivity index (χ2v) is 5.79. The molecule has 0 atom stereocenters. The van der Waals surface area contributed by atoms with Gasteiger partial charge in [0.2, 0.25) is 0 Å². The summed E-state index contributed by atoms with van der Waals surface area (Å²) in [4.78, 5) is 0. The summed E-state index contributed by atoms with van der Waals surface area (Å²) < 4.78 is 3.04. The lowest BCUT2D eigenvalue weighted by Crippen LogP contribution is -1.97. The third-order valence-electron chi connectivity index (χ3n) is 3.02. The van der Waals surface area contributed by atoms with Gasteiger partial charge in [-0.1, -0.05) is 22.0 Å². The lowest BCUT2D eigenvalue weighted by Gasteiger charge is -2.06. The van der Waals surface area contributed by atoms with Crippen LogP contribution in [0.4, 0.5) is 0 Å². The second-order valence-electron chi connectivity index (χ2n) is 4.38. The summed E-state index contributed by atoms with van der Waals surface area (Å²) in [5.74, 6) is 0.705. The Morgan fingerprint density at radius 1 is 1.29 bits per heavy atom. The van der Waals surface area contributed by atoms with E-state index in [0.717, 1.165) is 15.5 Å². The highest BCUT2D eigenvalue weighted by Crippen LogP contribution is 2.39. The number of halogens is 2. The first kappa shape index (κ1) is 11.5. The second kappa shape index (κ2) is 4.58. The molecular weight excluding hydrogens is 344 g/mol. The first-order chi connectivity index (χ1) is 8.28. The lowest BCUT2D eigenvalue weighted by molar-refractivity contribution is 0.834. The summed E-state index contributed by atoms with van der Waals surface area (Å²) >= 11 is 7.07. The van der Waals surface area contributed by atoms with Crippen LogP contribution in [0, 0.1) is 0 Å². The van der Waals surface area contributed by atoms with Crippen LogP contribution in [0.3, 0.4) is 0 Å². The Labute approximate surface area is 117 Å². The van der Waals surface area contributed by atoms with Crippen LogP contribution in [0.25, 0.3) is 5.69 Å². The van der Waals surface area contributed by atoms with Crippen molar-refractivity contribution in [3.05, 3.63) is 46.2 Å². The molecule has 0 spiro atoms. The SMILES string of the molecule is BrCc1ccc(-n2ccc(C3CC3)n2)c(Br)c1. The molecule has 0 unspecified atom stereocenters. The number of aromatic nitrogens is 2. The maximum Gasteiger partial charge on any atom is 0.0787 e. The van der Waals surface area contributed by atoms with E-state index in [4.69, 9.17) is 0 Å². The fraction of sp³-hybridized carbons (Fsp3) is 0.308. The van der Waals surface area contributed by atoms with Crippen LogP contribution >= 0.6 is 31.9 Å². The maximum absolute atomic E-state index is 4.63. The van der Waals surface area contributed by atoms with Crippen molar-refractivity contribution >= 4 is 31.9 Å². The van der Waals surface area contributed by atoms with E-state index in [1.165, 1.54) is 24.1 Å². The minimum absolute atomic E-state index is 0.705. The molecule has 1 fully saturated rings. The van der Waals surface area contributed by atoms with Crippen LogP contribution < -0.4 is 0 Å². The minimum Gasteiger partial charge on any atom is -0.240 e. The van der Waals surface area contributed by atoms with Gasteiger partial charge in [-0.3, -0.25) is 0 Å². The van der Waals surface area contributed by atoms with Crippen molar-refractivity contribution < 1.29 is 0 Å². The van der Waals surface area contributed by atoms with Gasteiger partial charge in [0.05, 0.1) is 11.4 Å². The molecule has 1 aromatic carbocycles. The standard InChI is InChI=1S/C13H12Br2N2/c14-8-9-1-4-13(11(15)7-9)17-6-5-12(16-17)10-2-3-10/h1,4-7,10H,2-3,8H2. The van der Waals surface area contributed by atoms with Crippen molar-refractivity contribution in [1.82, 2.24) is 9.78 Å². The summed E-state index contributed by atoms with van der Waals surface area (Å²) in [5, 5.41) is 5.51. The Morgan fingerprint density at radius 3 is 2.76 bits per heavy atom. The maximum atomic E-state index is 4.63. The highest BCUT2D eigenvalue weighted by molar-refractivity contribution is 9.10. The number of rotatable bonds is 3.